The van der Waals surface area contributed by atoms with Crippen LogP contribution in [0.4, 0.5) is 0 Å². The third-order valence-electron chi connectivity index (χ3n) is 16.7. The van der Waals surface area contributed by atoms with E-state index >= 15 is 0 Å². The first-order chi connectivity index (χ1) is 26.8. The van der Waals surface area contributed by atoms with Crippen LogP contribution in [0.1, 0.15) is 107 Å². The second-order valence-electron chi connectivity index (χ2n) is 20.5. The molecule has 3 saturated carbocycles. The number of rotatable bonds is 7. The largest absolute Gasteiger partial charge is 0.456 e. The molecule has 17 heteroatoms. The third-order valence-corrected chi connectivity index (χ3v) is 17.2. The molecule has 7 fully saturated rings. The maximum absolute atomic E-state index is 14.4. The number of aliphatic hydroxyl groups is 5. The molecule has 4 aliphatic carbocycles. The zero-order chi connectivity index (χ0) is 42.3. The fourth-order valence-electron chi connectivity index (χ4n) is 13.7. The Morgan fingerprint density at radius 1 is 0.793 bits per heavy atom. The first-order valence-electron chi connectivity index (χ1n) is 21.1. The first-order valence-corrected chi connectivity index (χ1v) is 22.5. The molecule has 16 nitrogen and oxygen atoms in total. The minimum absolute atomic E-state index is 0.0405. The molecule has 0 radical (unpaired) electrons. The van der Waals surface area contributed by atoms with Crippen molar-refractivity contribution in [1.29, 1.82) is 0 Å². The molecule has 19 atom stereocenters. The summed E-state index contributed by atoms with van der Waals surface area (Å²) in [5, 5.41) is 55.3. The molecule has 58 heavy (non-hydrogen) atoms. The van der Waals surface area contributed by atoms with Gasteiger partial charge in [0.15, 0.2) is 12.6 Å². The van der Waals surface area contributed by atoms with Gasteiger partial charge < -0.3 is 54.0 Å². The van der Waals surface area contributed by atoms with Crippen molar-refractivity contribution < 1.29 is 75.9 Å². The van der Waals surface area contributed by atoms with Crippen LogP contribution in [-0.4, -0.2) is 136 Å². The van der Waals surface area contributed by atoms with Gasteiger partial charge in [0, 0.05) is 5.92 Å². The van der Waals surface area contributed by atoms with Crippen LogP contribution in [0, 0.1) is 39.4 Å². The van der Waals surface area contributed by atoms with E-state index < -0.39 is 106 Å². The Labute approximate surface area is 340 Å². The summed E-state index contributed by atoms with van der Waals surface area (Å²) >= 11 is 0. The summed E-state index contributed by atoms with van der Waals surface area (Å²) in [5.74, 6) is -0.431. The lowest BCUT2D eigenvalue weighted by molar-refractivity contribution is -0.362. The maximum atomic E-state index is 14.4. The average Bonchev–Trinajstić information content (AvgIpc) is 3.75. The van der Waals surface area contributed by atoms with Crippen molar-refractivity contribution in [3.63, 3.8) is 0 Å². The van der Waals surface area contributed by atoms with Crippen LogP contribution >= 0.6 is 0 Å². The Kier molecular flexibility index (Phi) is 10.5. The molecule has 4 saturated heterocycles. The van der Waals surface area contributed by atoms with Crippen molar-refractivity contribution in [3.8, 4) is 0 Å². The first kappa shape index (κ1) is 43.3. The van der Waals surface area contributed by atoms with E-state index in [1.165, 1.54) is 12.5 Å². The van der Waals surface area contributed by atoms with Crippen molar-refractivity contribution >= 4 is 16.4 Å². The normalized spacial score (nSPS) is 53.5. The van der Waals surface area contributed by atoms with Gasteiger partial charge in [0.05, 0.1) is 36.6 Å². The van der Waals surface area contributed by atoms with Gasteiger partial charge >= 0.3 is 16.4 Å². The third kappa shape index (κ3) is 6.26. The predicted octanol–water partition coefficient (Wildman–Crippen LogP) is 2.32. The molecular weight excluding hydrogens is 781 g/mol. The van der Waals surface area contributed by atoms with Crippen LogP contribution in [0.3, 0.4) is 0 Å². The Morgan fingerprint density at radius 2 is 1.50 bits per heavy atom. The van der Waals surface area contributed by atoms with E-state index in [-0.39, 0.29) is 40.8 Å². The van der Waals surface area contributed by atoms with Gasteiger partial charge in [-0.25, -0.2) is 4.18 Å². The highest BCUT2D eigenvalue weighted by molar-refractivity contribution is 7.80. The van der Waals surface area contributed by atoms with Crippen LogP contribution in [0.2, 0.25) is 0 Å². The van der Waals surface area contributed by atoms with Crippen LogP contribution in [0.5, 0.6) is 0 Å². The zero-order valence-corrected chi connectivity index (χ0v) is 35.6. The van der Waals surface area contributed by atoms with Gasteiger partial charge in [-0.1, -0.05) is 39.3 Å². The Morgan fingerprint density at radius 3 is 2.16 bits per heavy atom. The van der Waals surface area contributed by atoms with Crippen molar-refractivity contribution in [1.82, 2.24) is 0 Å². The topological polar surface area (TPSA) is 237 Å². The van der Waals surface area contributed by atoms with Gasteiger partial charge in [-0.2, -0.15) is 8.42 Å². The van der Waals surface area contributed by atoms with E-state index in [2.05, 4.69) is 41.5 Å². The van der Waals surface area contributed by atoms with Crippen molar-refractivity contribution in [3.05, 3.63) is 11.6 Å². The monoisotopic (exact) mass is 844 g/mol. The Bertz CT molecular complexity index is 1770. The molecule has 0 bridgehead atoms. The molecule has 0 aromatic heterocycles. The van der Waals surface area contributed by atoms with E-state index in [4.69, 9.17) is 32.6 Å². The standard InChI is InChI=1S/C41H64O16S/c1-19-28(43)30(45)31(46)33(52-19)54-32-29(44)22(57-58(48,49)50)18-51-34(32)53-26-13-15-38(6)21-17-25(42)41-24(40(8,56-35(41)47)27-12-14-36(2,3)55-27)11-16-39(41,7)20(21)9-10-23(38)37(26,4)5/h17,19-20,22-34,42-46H,9-16,18H2,1-8H3,(H,48,49,50)/t19-,20-,22-,23-,24-,25+,26+,27-,28-,29+,30+,31-,32-,33+,34+,38-,39+,40-,41+/m1/s1. The number of cyclic esters (lactones) is 1. The van der Waals surface area contributed by atoms with Gasteiger partial charge in [-0.05, 0) is 107 Å². The molecule has 0 aromatic rings. The highest BCUT2D eigenvalue weighted by atomic mass is 32.3. The maximum Gasteiger partial charge on any atom is 0.397 e. The number of aliphatic hydroxyl groups excluding tert-OH is 5. The van der Waals surface area contributed by atoms with Crippen molar-refractivity contribution in [2.75, 3.05) is 6.61 Å². The molecule has 0 amide bonds. The molecule has 4 heterocycles. The van der Waals surface area contributed by atoms with Crippen molar-refractivity contribution in [2.24, 2.45) is 39.4 Å². The summed E-state index contributed by atoms with van der Waals surface area (Å²) in [4.78, 5) is 14.4. The summed E-state index contributed by atoms with van der Waals surface area (Å²) in [6.45, 7) is 15.8. The lowest BCUT2D eigenvalue weighted by Crippen LogP contribution is -2.64. The minimum Gasteiger partial charge on any atom is -0.456 e. The Hall–Kier alpha value is -1.32. The fourth-order valence-corrected chi connectivity index (χ4v) is 14.2. The Balaban J connectivity index is 1.05. The quantitative estimate of drug-likeness (QED) is 0.0934. The number of carbonyl (C=O) groups is 1. The highest BCUT2D eigenvalue weighted by Gasteiger charge is 2.80. The van der Waals surface area contributed by atoms with Crippen LogP contribution in [0.25, 0.3) is 0 Å². The molecule has 0 unspecified atom stereocenters. The lowest BCUT2D eigenvalue weighted by atomic mass is 9.40. The van der Waals surface area contributed by atoms with E-state index in [1.54, 1.807) is 0 Å². The van der Waals surface area contributed by atoms with Crippen LogP contribution in [-0.2, 0) is 47.8 Å². The van der Waals surface area contributed by atoms with Gasteiger partial charge in [0.1, 0.15) is 47.6 Å². The van der Waals surface area contributed by atoms with E-state index in [0.717, 1.165) is 38.5 Å². The summed E-state index contributed by atoms with van der Waals surface area (Å²) in [6, 6.07) is 0. The number of hydrogen-bond donors (Lipinski definition) is 6. The summed E-state index contributed by atoms with van der Waals surface area (Å²) in [5.41, 5.74) is -2.52. The van der Waals surface area contributed by atoms with E-state index in [0.29, 0.717) is 12.8 Å². The number of carbonyl (C=O) groups excluding carboxylic acids is 1. The van der Waals surface area contributed by atoms with Gasteiger partial charge in [-0.15, -0.1) is 0 Å². The molecule has 1 spiro atoms. The number of allylic oxidation sites excluding steroid dienone is 1. The average molecular weight is 845 g/mol. The molecular formula is C41H64O16S. The second-order valence-corrected chi connectivity index (χ2v) is 21.6. The van der Waals surface area contributed by atoms with Crippen LogP contribution < -0.4 is 0 Å². The highest BCUT2D eigenvalue weighted by Crippen LogP contribution is 2.76. The summed E-state index contributed by atoms with van der Waals surface area (Å²) < 4.78 is 74.6. The second kappa shape index (κ2) is 14.1. The van der Waals surface area contributed by atoms with Gasteiger partial charge in [-0.3, -0.25) is 9.35 Å². The lowest BCUT2D eigenvalue weighted by Gasteiger charge is -2.64. The number of hydrogen-bond acceptors (Lipinski definition) is 15. The van der Waals surface area contributed by atoms with Crippen LogP contribution in [0.15, 0.2) is 11.6 Å². The zero-order valence-electron chi connectivity index (χ0n) is 34.8. The van der Waals surface area contributed by atoms with E-state index in [9.17, 15) is 43.3 Å². The molecule has 8 aliphatic rings. The fraction of sp³-hybridized carbons (Fsp3) is 0.927. The minimum atomic E-state index is -5.02. The molecule has 4 aliphatic heterocycles. The SMILES string of the molecule is C[C@H]1O[C@@H](O[C@H]2[C@H](O[C@H]3CC[C@]4(C)C5=C[C@H](O)[C@]67C(=O)O[C@@](C)([C@H]8CCC(C)(C)O8)[C@H]6CC[C@@]7(C)[C@@H]5CC[C@@H]4C3(C)C)OC[C@@H](OS(=O)(=O)O)[C@@H]2O)[C@H](O)[C@@H](O)[C@@H]1O. The molecule has 6 N–H and O–H groups in total. The predicted molar refractivity (Wildman–Crippen MR) is 202 cm³/mol. The van der Waals surface area contributed by atoms with Gasteiger partial charge in [0.25, 0.3) is 0 Å². The summed E-state index contributed by atoms with van der Waals surface area (Å²) in [7, 11) is -5.02. The molecule has 330 valence electrons. The molecule has 8 rings (SSSR count). The summed E-state index contributed by atoms with van der Waals surface area (Å²) in [6.07, 6.45) is -7.42. The number of ether oxygens (including phenoxy) is 6. The number of esters is 1. The van der Waals surface area contributed by atoms with E-state index in [1.807, 2.05) is 13.0 Å². The number of fused-ring (bicyclic) bond motifs is 4. The molecule has 0 aromatic carbocycles. The van der Waals surface area contributed by atoms with Gasteiger partial charge in [0.2, 0.25) is 0 Å². The van der Waals surface area contributed by atoms with Crippen molar-refractivity contribution in [2.45, 2.75) is 192 Å². The smallest absolute Gasteiger partial charge is 0.397 e.